The fourth-order valence-corrected chi connectivity index (χ4v) is 2.77. The molecule has 0 saturated carbocycles. The van der Waals surface area contributed by atoms with E-state index in [4.69, 9.17) is 10.8 Å². The summed E-state index contributed by atoms with van der Waals surface area (Å²) in [7, 11) is 0. The molecule has 0 aromatic heterocycles. The van der Waals surface area contributed by atoms with Gasteiger partial charge in [0, 0.05) is 4.90 Å². The summed E-state index contributed by atoms with van der Waals surface area (Å²) in [4.78, 5) is 23.4. The zero-order chi connectivity index (χ0) is 13.5. The molecule has 1 atom stereocenters. The molecule has 0 radical (unpaired) electrons. The molecule has 1 aliphatic heterocycles. The zero-order valence-electron chi connectivity index (χ0n) is 10.1. The Hall–Kier alpha value is -1.53. The summed E-state index contributed by atoms with van der Waals surface area (Å²) < 4.78 is -0.570. The van der Waals surface area contributed by atoms with Crippen molar-refractivity contribution in [1.82, 2.24) is 0 Å². The molecule has 6 heteroatoms. The van der Waals surface area contributed by atoms with Gasteiger partial charge in [-0.05, 0) is 31.5 Å². The number of amides is 1. The maximum atomic E-state index is 11.8. The highest BCUT2D eigenvalue weighted by Gasteiger charge is 2.34. The Morgan fingerprint density at radius 2 is 2.17 bits per heavy atom. The predicted octanol–water partition coefficient (Wildman–Crippen LogP) is 1.59. The van der Waals surface area contributed by atoms with Crippen LogP contribution in [0, 0.1) is 0 Å². The van der Waals surface area contributed by atoms with Crippen LogP contribution < -0.4 is 11.1 Å². The highest BCUT2D eigenvalue weighted by Crippen LogP contribution is 2.42. The molecule has 1 heterocycles. The van der Waals surface area contributed by atoms with E-state index in [9.17, 15) is 9.59 Å². The average molecular weight is 266 g/mol. The van der Waals surface area contributed by atoms with E-state index in [1.54, 1.807) is 18.2 Å². The van der Waals surface area contributed by atoms with Crippen LogP contribution in [0.1, 0.15) is 25.5 Å². The van der Waals surface area contributed by atoms with Gasteiger partial charge in [0.2, 0.25) is 5.91 Å². The average Bonchev–Trinajstić information content (AvgIpc) is 2.28. The monoisotopic (exact) mass is 266 g/mol. The molecule has 1 aromatic rings. The lowest BCUT2D eigenvalue weighted by atomic mass is 10.1. The lowest BCUT2D eigenvalue weighted by Gasteiger charge is -2.30. The third-order valence-electron chi connectivity index (χ3n) is 2.79. The summed E-state index contributed by atoms with van der Waals surface area (Å²) in [6.45, 7) is 3.64. The molecule has 0 bridgehead atoms. The van der Waals surface area contributed by atoms with Gasteiger partial charge in [0.25, 0.3) is 0 Å². The molecule has 1 unspecified atom stereocenters. The quantitative estimate of drug-likeness (QED) is 0.756. The third kappa shape index (κ3) is 2.21. The van der Waals surface area contributed by atoms with Crippen molar-refractivity contribution in [3.8, 4) is 0 Å². The molecule has 0 aliphatic carbocycles. The van der Waals surface area contributed by atoms with Crippen molar-refractivity contribution < 1.29 is 14.7 Å². The zero-order valence-corrected chi connectivity index (χ0v) is 10.9. The number of benzene rings is 1. The second-order valence-corrected chi connectivity index (χ2v) is 6.30. The van der Waals surface area contributed by atoms with Gasteiger partial charge in [-0.2, -0.15) is 0 Å². The number of carboxylic acid groups (broad SMARTS) is 1. The smallest absolute Gasteiger partial charge is 0.325 e. The van der Waals surface area contributed by atoms with E-state index >= 15 is 0 Å². The Balaban J connectivity index is 2.39. The first-order valence-electron chi connectivity index (χ1n) is 5.44. The van der Waals surface area contributed by atoms with E-state index < -0.39 is 16.8 Å². The molecule has 18 heavy (non-hydrogen) atoms. The number of rotatable bonds is 2. The van der Waals surface area contributed by atoms with Gasteiger partial charge in [-0.1, -0.05) is 6.07 Å². The highest BCUT2D eigenvalue weighted by molar-refractivity contribution is 8.01. The topological polar surface area (TPSA) is 92.4 Å². The van der Waals surface area contributed by atoms with Gasteiger partial charge in [-0.3, -0.25) is 9.59 Å². The molecule has 0 fully saturated rings. The van der Waals surface area contributed by atoms with E-state index in [1.165, 1.54) is 11.8 Å². The molecule has 5 nitrogen and oxygen atoms in total. The minimum Gasteiger partial charge on any atom is -0.480 e. The SMILES string of the molecule is CC1(C)Sc2cc(C(N)C(=O)O)ccc2NC1=O. The summed E-state index contributed by atoms with van der Waals surface area (Å²) in [5.41, 5.74) is 6.80. The first-order chi connectivity index (χ1) is 8.31. The summed E-state index contributed by atoms with van der Waals surface area (Å²) in [6, 6.07) is 3.99. The van der Waals surface area contributed by atoms with Crippen molar-refractivity contribution in [3.05, 3.63) is 23.8 Å². The molecule has 1 aromatic carbocycles. The number of nitrogens with one attached hydrogen (secondary N) is 1. The van der Waals surface area contributed by atoms with Gasteiger partial charge < -0.3 is 16.2 Å². The molecule has 4 N–H and O–H groups in total. The lowest BCUT2D eigenvalue weighted by Crippen LogP contribution is -2.37. The van der Waals surface area contributed by atoms with E-state index in [0.29, 0.717) is 11.3 Å². The highest BCUT2D eigenvalue weighted by atomic mass is 32.2. The Kier molecular flexibility index (Phi) is 3.08. The van der Waals surface area contributed by atoms with Gasteiger partial charge in [-0.15, -0.1) is 11.8 Å². The van der Waals surface area contributed by atoms with Gasteiger partial charge in [0.15, 0.2) is 0 Å². The van der Waals surface area contributed by atoms with Gasteiger partial charge in [0.1, 0.15) is 6.04 Å². The minimum absolute atomic E-state index is 0.0599. The molecule has 96 valence electrons. The standard InChI is InChI=1S/C12H14N2O3S/c1-12(2)11(17)14-7-4-3-6(5-8(7)18-12)9(13)10(15)16/h3-5,9H,13H2,1-2H3,(H,14,17)(H,15,16). The van der Waals surface area contributed by atoms with Crippen LogP contribution >= 0.6 is 11.8 Å². The molecule has 1 amide bonds. The van der Waals surface area contributed by atoms with Crippen LogP contribution in [-0.4, -0.2) is 21.7 Å². The molecular formula is C12H14N2O3S. The van der Waals surface area contributed by atoms with Crippen LogP contribution in [0.4, 0.5) is 5.69 Å². The number of fused-ring (bicyclic) bond motifs is 1. The molecule has 0 saturated heterocycles. The number of hydrogen-bond acceptors (Lipinski definition) is 4. The van der Waals surface area contributed by atoms with Crippen molar-refractivity contribution in [2.75, 3.05) is 5.32 Å². The Labute approximate surface area is 109 Å². The molecule has 2 rings (SSSR count). The molecular weight excluding hydrogens is 252 g/mol. The number of carbonyl (C=O) groups excluding carboxylic acids is 1. The first kappa shape index (κ1) is 12.9. The lowest BCUT2D eigenvalue weighted by molar-refractivity contribution is -0.138. The predicted molar refractivity (Wildman–Crippen MR) is 69.6 cm³/mol. The largest absolute Gasteiger partial charge is 0.480 e. The van der Waals surface area contributed by atoms with Crippen molar-refractivity contribution in [1.29, 1.82) is 0 Å². The minimum atomic E-state index is -1.07. The number of hydrogen-bond donors (Lipinski definition) is 3. The van der Waals surface area contributed by atoms with Crippen molar-refractivity contribution in [3.63, 3.8) is 0 Å². The van der Waals surface area contributed by atoms with E-state index in [0.717, 1.165) is 4.90 Å². The Morgan fingerprint density at radius 3 is 2.78 bits per heavy atom. The second kappa shape index (κ2) is 4.29. The first-order valence-corrected chi connectivity index (χ1v) is 6.26. The van der Waals surface area contributed by atoms with Gasteiger partial charge >= 0.3 is 5.97 Å². The van der Waals surface area contributed by atoms with Crippen LogP contribution in [-0.2, 0) is 9.59 Å². The maximum absolute atomic E-state index is 11.8. The number of thioether (sulfide) groups is 1. The van der Waals surface area contributed by atoms with Crippen LogP contribution in [0.2, 0.25) is 0 Å². The third-order valence-corrected chi connectivity index (χ3v) is 4.04. The summed E-state index contributed by atoms with van der Waals surface area (Å²) in [5.74, 6) is -1.13. The summed E-state index contributed by atoms with van der Waals surface area (Å²) in [5, 5.41) is 11.7. The van der Waals surface area contributed by atoms with E-state index in [2.05, 4.69) is 5.32 Å². The second-order valence-electron chi connectivity index (χ2n) is 4.64. The number of anilines is 1. The van der Waals surface area contributed by atoms with Crippen molar-refractivity contribution >= 4 is 29.3 Å². The van der Waals surface area contributed by atoms with Gasteiger partial charge in [0.05, 0.1) is 10.4 Å². The number of aliphatic carboxylic acids is 1. The number of carbonyl (C=O) groups is 2. The number of nitrogens with two attached hydrogens (primary N) is 1. The van der Waals surface area contributed by atoms with Gasteiger partial charge in [-0.25, -0.2) is 0 Å². The summed E-state index contributed by atoms with van der Waals surface area (Å²) >= 11 is 1.41. The number of carboxylic acids is 1. The Morgan fingerprint density at radius 1 is 1.50 bits per heavy atom. The molecule has 1 aliphatic rings. The normalized spacial score (nSPS) is 18.7. The Bertz CT molecular complexity index is 528. The van der Waals surface area contributed by atoms with Crippen LogP contribution in [0.15, 0.2) is 23.1 Å². The maximum Gasteiger partial charge on any atom is 0.325 e. The van der Waals surface area contributed by atoms with Crippen molar-refractivity contribution in [2.45, 2.75) is 29.5 Å². The fourth-order valence-electron chi connectivity index (χ4n) is 1.66. The van der Waals surface area contributed by atoms with E-state index in [1.807, 2.05) is 13.8 Å². The van der Waals surface area contributed by atoms with Crippen LogP contribution in [0.25, 0.3) is 0 Å². The van der Waals surface area contributed by atoms with E-state index in [-0.39, 0.29) is 5.91 Å². The van der Waals surface area contributed by atoms with Crippen LogP contribution in [0.5, 0.6) is 0 Å². The fraction of sp³-hybridized carbons (Fsp3) is 0.333. The summed E-state index contributed by atoms with van der Waals surface area (Å²) in [6.07, 6.45) is 0. The molecule has 0 spiro atoms. The van der Waals surface area contributed by atoms with Crippen LogP contribution in [0.3, 0.4) is 0 Å². The van der Waals surface area contributed by atoms with Crippen molar-refractivity contribution in [2.24, 2.45) is 5.73 Å².